The Morgan fingerprint density at radius 3 is 2.78 bits per heavy atom. The van der Waals surface area contributed by atoms with Crippen molar-refractivity contribution in [3.8, 4) is 0 Å². The zero-order valence-electron chi connectivity index (χ0n) is 17.3. The number of nitrogens with zero attached hydrogens (tertiary/aromatic N) is 8. The Labute approximate surface area is 186 Å². The van der Waals surface area contributed by atoms with E-state index in [9.17, 15) is 4.79 Å². The lowest BCUT2D eigenvalue weighted by molar-refractivity contribution is 0.368. The van der Waals surface area contributed by atoms with E-state index in [1.54, 1.807) is 29.3 Å². The molecule has 0 spiro atoms. The smallest absolute Gasteiger partial charge is 0.280 e. The first-order chi connectivity index (χ1) is 15.7. The van der Waals surface area contributed by atoms with Crippen LogP contribution in [0, 0.1) is 11.8 Å². The molecule has 0 radical (unpaired) electrons. The molecule has 10 nitrogen and oxygen atoms in total. The first kappa shape index (κ1) is 19.1. The van der Waals surface area contributed by atoms with Gasteiger partial charge in [-0.2, -0.15) is 4.98 Å². The topological polar surface area (TPSA) is 108 Å². The largest absolute Gasteiger partial charge is 0.371 e. The van der Waals surface area contributed by atoms with Crippen molar-refractivity contribution in [2.75, 3.05) is 18.0 Å². The molecule has 4 aromatic heterocycles. The molecule has 162 valence electrons. The van der Waals surface area contributed by atoms with Gasteiger partial charge < -0.3 is 14.0 Å². The number of anilines is 1. The van der Waals surface area contributed by atoms with Crippen LogP contribution in [0.2, 0.25) is 0 Å². The molecule has 5 heterocycles. The Morgan fingerprint density at radius 1 is 1.12 bits per heavy atom. The van der Waals surface area contributed by atoms with Crippen LogP contribution in [0.5, 0.6) is 0 Å². The second-order valence-corrected chi connectivity index (χ2v) is 9.09. The molecule has 0 unspecified atom stereocenters. The van der Waals surface area contributed by atoms with Crippen molar-refractivity contribution in [1.82, 2.24) is 34.2 Å². The van der Waals surface area contributed by atoms with Crippen LogP contribution < -0.4 is 10.5 Å². The zero-order valence-corrected chi connectivity index (χ0v) is 18.1. The average Bonchev–Trinajstić information content (AvgIpc) is 3.34. The molecule has 32 heavy (non-hydrogen) atoms. The number of hydrogen-bond donors (Lipinski definition) is 0. The number of hydrogen-bond acceptors (Lipinski definition) is 9. The Bertz CT molecular complexity index is 1440. The molecule has 5 aromatic rings. The highest BCUT2D eigenvalue weighted by Crippen LogP contribution is 2.46. The van der Waals surface area contributed by atoms with Gasteiger partial charge in [0, 0.05) is 25.8 Å². The maximum Gasteiger partial charge on any atom is 0.280 e. The Morgan fingerprint density at radius 2 is 1.97 bits per heavy atom. The van der Waals surface area contributed by atoms with Gasteiger partial charge in [0.1, 0.15) is 12.9 Å². The van der Waals surface area contributed by atoms with Crippen molar-refractivity contribution >= 4 is 38.4 Å². The molecule has 1 saturated heterocycles. The normalized spacial score (nSPS) is 19.2. The Kier molecular flexibility index (Phi) is 4.49. The van der Waals surface area contributed by atoms with Gasteiger partial charge in [0.05, 0.1) is 22.1 Å². The van der Waals surface area contributed by atoms with Crippen molar-refractivity contribution in [2.24, 2.45) is 18.9 Å². The highest BCUT2D eigenvalue weighted by molar-refractivity contribution is 7.16. The van der Waals surface area contributed by atoms with E-state index in [1.807, 2.05) is 5.51 Å². The molecule has 7 rings (SSSR count). The third kappa shape index (κ3) is 3.44. The molecular weight excluding hydrogens is 428 g/mol. The number of piperidine rings is 1. The predicted molar refractivity (Wildman–Crippen MR) is 120 cm³/mol. The van der Waals surface area contributed by atoms with Gasteiger partial charge in [-0.25, -0.2) is 15.0 Å². The van der Waals surface area contributed by atoms with E-state index in [-0.39, 0.29) is 12.1 Å². The van der Waals surface area contributed by atoms with Gasteiger partial charge in [-0.1, -0.05) is 5.16 Å². The van der Waals surface area contributed by atoms with E-state index in [0.717, 1.165) is 17.4 Å². The quantitative estimate of drug-likeness (QED) is 0.414. The van der Waals surface area contributed by atoms with Crippen LogP contribution in [-0.2, 0) is 13.6 Å². The molecule has 0 N–H and O–H groups in total. The van der Waals surface area contributed by atoms with Crippen molar-refractivity contribution in [3.63, 3.8) is 0 Å². The standard InChI is InChI=1S/C12H12N2S.C9H8N6O2/c1-2-12-11(13-7-15-12)4-10(1)14-5-8-3-9(8)6-14;1-14-4-11-8-7(14)9(16)15(5-12-8)2-6-10-3-13-17-6/h1-2,4,7-9H,3,5-6H2;3-5H,2H2,1H3/t8-,9+;. The molecule has 2 atom stereocenters. The van der Waals surface area contributed by atoms with E-state index in [0.29, 0.717) is 17.1 Å². The third-order valence-electron chi connectivity index (χ3n) is 6.07. The highest BCUT2D eigenvalue weighted by Gasteiger charge is 2.45. The van der Waals surface area contributed by atoms with Crippen LogP contribution in [0.15, 0.2) is 52.0 Å². The summed E-state index contributed by atoms with van der Waals surface area (Å²) < 4.78 is 9.17. The van der Waals surface area contributed by atoms with E-state index in [4.69, 9.17) is 4.52 Å². The average molecular weight is 449 g/mol. The van der Waals surface area contributed by atoms with Crippen LogP contribution in [0.3, 0.4) is 0 Å². The van der Waals surface area contributed by atoms with Crippen molar-refractivity contribution in [3.05, 3.63) is 58.9 Å². The van der Waals surface area contributed by atoms with E-state index in [1.165, 1.54) is 47.1 Å². The zero-order chi connectivity index (χ0) is 21.7. The summed E-state index contributed by atoms with van der Waals surface area (Å²) in [5.41, 5.74) is 5.13. The number of aryl methyl sites for hydroxylation is 1. The van der Waals surface area contributed by atoms with Gasteiger partial charge in [0.25, 0.3) is 5.56 Å². The number of aromatic nitrogens is 7. The van der Waals surface area contributed by atoms with Gasteiger partial charge >= 0.3 is 0 Å². The molecule has 1 aliphatic heterocycles. The molecule has 11 heteroatoms. The minimum absolute atomic E-state index is 0.187. The lowest BCUT2D eigenvalue weighted by atomic mass is 10.2. The van der Waals surface area contributed by atoms with Crippen LogP contribution in [0.1, 0.15) is 12.3 Å². The second-order valence-electron chi connectivity index (χ2n) is 8.21. The van der Waals surface area contributed by atoms with E-state index >= 15 is 0 Å². The second kappa shape index (κ2) is 7.52. The lowest BCUT2D eigenvalue weighted by Gasteiger charge is -2.19. The summed E-state index contributed by atoms with van der Waals surface area (Å²) in [7, 11) is 1.75. The minimum atomic E-state index is -0.187. The van der Waals surface area contributed by atoms with Crippen molar-refractivity contribution in [2.45, 2.75) is 13.0 Å². The molecule has 1 aromatic carbocycles. The monoisotopic (exact) mass is 448 g/mol. The maximum atomic E-state index is 12.1. The fourth-order valence-corrected chi connectivity index (χ4v) is 4.91. The maximum absolute atomic E-state index is 12.1. The molecule has 0 amide bonds. The summed E-state index contributed by atoms with van der Waals surface area (Å²) in [5, 5.41) is 3.48. The first-order valence-corrected chi connectivity index (χ1v) is 11.2. The molecule has 1 saturated carbocycles. The summed E-state index contributed by atoms with van der Waals surface area (Å²) in [6.45, 7) is 2.73. The van der Waals surface area contributed by atoms with Gasteiger partial charge in [-0.3, -0.25) is 9.36 Å². The fraction of sp³-hybridized carbons (Fsp3) is 0.333. The molecule has 2 fully saturated rings. The number of imidazole rings is 1. The highest BCUT2D eigenvalue weighted by atomic mass is 32.1. The summed E-state index contributed by atoms with van der Waals surface area (Å²) in [4.78, 5) is 30.9. The predicted octanol–water partition coefficient (Wildman–Crippen LogP) is 2.31. The van der Waals surface area contributed by atoms with Gasteiger partial charge in [0.2, 0.25) is 5.89 Å². The van der Waals surface area contributed by atoms with Gasteiger partial charge in [-0.05, 0) is 36.5 Å². The number of fused-ring (bicyclic) bond motifs is 3. The van der Waals surface area contributed by atoms with Gasteiger partial charge in [0.15, 0.2) is 17.5 Å². The Hall–Kier alpha value is -3.60. The lowest BCUT2D eigenvalue weighted by Crippen LogP contribution is -2.22. The molecule has 1 aliphatic carbocycles. The Balaban J connectivity index is 0.000000123. The minimum Gasteiger partial charge on any atom is -0.371 e. The third-order valence-corrected chi connectivity index (χ3v) is 6.88. The number of thiazole rings is 1. The van der Waals surface area contributed by atoms with Crippen LogP contribution in [-0.4, -0.2) is 47.3 Å². The summed E-state index contributed by atoms with van der Waals surface area (Å²) in [6, 6.07) is 6.67. The molecule has 2 aliphatic rings. The van der Waals surface area contributed by atoms with E-state index in [2.05, 4.69) is 48.2 Å². The summed E-state index contributed by atoms with van der Waals surface area (Å²) in [5.74, 6) is 2.35. The van der Waals surface area contributed by atoms with Crippen molar-refractivity contribution in [1.29, 1.82) is 0 Å². The van der Waals surface area contributed by atoms with Crippen LogP contribution in [0.4, 0.5) is 5.69 Å². The van der Waals surface area contributed by atoms with Crippen LogP contribution >= 0.6 is 11.3 Å². The summed E-state index contributed by atoms with van der Waals surface area (Å²) in [6.07, 6.45) is 5.73. The van der Waals surface area contributed by atoms with Crippen LogP contribution in [0.25, 0.3) is 21.4 Å². The first-order valence-electron chi connectivity index (χ1n) is 10.4. The van der Waals surface area contributed by atoms with Crippen molar-refractivity contribution < 1.29 is 4.52 Å². The number of rotatable bonds is 3. The number of benzene rings is 1. The molecular formula is C21H20N8O2S. The van der Waals surface area contributed by atoms with E-state index < -0.39 is 0 Å². The molecule has 0 bridgehead atoms. The van der Waals surface area contributed by atoms with Gasteiger partial charge in [-0.15, -0.1) is 11.3 Å². The SMILES string of the molecule is Cn1cnc2ncn(Cc3ncno3)c(=O)c21.c1nc2cc(N3C[C@H]4C[C@H]4C3)ccc2s1. The summed E-state index contributed by atoms with van der Waals surface area (Å²) >= 11 is 1.72. The fourth-order valence-electron chi connectivity index (χ4n) is 4.25.